The van der Waals surface area contributed by atoms with Crippen LogP contribution in [0.4, 0.5) is 54.8 Å². The zero-order chi connectivity index (χ0) is 32.0. The Hall–Kier alpha value is -3.65. The third-order valence-electron chi connectivity index (χ3n) is 6.35. The average Bonchev–Trinajstić information content (AvgIpc) is 2.83. The lowest BCUT2D eigenvalue weighted by Crippen LogP contribution is -2.49. The molecule has 42 heavy (non-hydrogen) atoms. The topological polar surface area (TPSA) is 59.1 Å². The number of fused-ring (bicyclic) bond motifs is 1. The average molecular weight is 615 g/mol. The lowest BCUT2D eigenvalue weighted by molar-refractivity contribution is -0.143. The molecule has 0 spiro atoms. The minimum absolute atomic E-state index is 0.0850. The van der Waals surface area contributed by atoms with Gasteiger partial charge in [-0.15, -0.1) is 0 Å². The van der Waals surface area contributed by atoms with Crippen LogP contribution in [0.15, 0.2) is 36.4 Å². The molecule has 1 aliphatic heterocycles. The number of halogens is 9. The number of carbonyl (C=O) groups excluding carboxylic acids is 2. The standard InChI is InChI=1S/C27H27F9N2O4/c1-14-8-21(19-12-16(25(28,29)30)6-7-20(19)38(14)23(40)42-24(2,3)4)37(22(39)41-5)13-15-9-17(26(31,32)33)11-18(10-15)27(34,35)36/h6-7,9-12,14,21H,8,13H2,1-5H3/t14-,21+/m1/s1. The molecule has 3 rings (SSSR count). The van der Waals surface area contributed by atoms with E-state index in [9.17, 15) is 49.1 Å². The maximum atomic E-state index is 13.7. The third kappa shape index (κ3) is 7.40. The summed E-state index contributed by atoms with van der Waals surface area (Å²) < 4.78 is 132. The molecule has 0 aromatic heterocycles. The van der Waals surface area contributed by atoms with Crippen molar-refractivity contribution in [3.63, 3.8) is 0 Å². The number of carbonyl (C=O) groups is 2. The summed E-state index contributed by atoms with van der Waals surface area (Å²) in [5.41, 5.74) is -6.34. The molecule has 0 bridgehead atoms. The number of ether oxygens (including phenoxy) is 2. The first-order chi connectivity index (χ1) is 19.0. The molecule has 0 unspecified atom stereocenters. The summed E-state index contributed by atoms with van der Waals surface area (Å²) in [5, 5.41) is 0. The van der Waals surface area contributed by atoms with Gasteiger partial charge < -0.3 is 9.47 Å². The number of hydrogen-bond donors (Lipinski definition) is 0. The second-order valence-corrected chi connectivity index (χ2v) is 10.7. The Morgan fingerprint density at radius 2 is 1.38 bits per heavy atom. The van der Waals surface area contributed by atoms with Crippen LogP contribution >= 0.6 is 0 Å². The van der Waals surface area contributed by atoms with Crippen LogP contribution in [0.1, 0.15) is 68.0 Å². The zero-order valence-corrected chi connectivity index (χ0v) is 23.0. The fourth-order valence-corrected chi connectivity index (χ4v) is 4.62. The minimum Gasteiger partial charge on any atom is -0.453 e. The highest BCUT2D eigenvalue weighted by atomic mass is 19.4. The summed E-state index contributed by atoms with van der Waals surface area (Å²) >= 11 is 0. The van der Waals surface area contributed by atoms with Crippen molar-refractivity contribution < 1.29 is 58.6 Å². The first-order valence-corrected chi connectivity index (χ1v) is 12.4. The fourth-order valence-electron chi connectivity index (χ4n) is 4.62. The first-order valence-electron chi connectivity index (χ1n) is 12.4. The number of alkyl halides is 9. The van der Waals surface area contributed by atoms with E-state index < -0.39 is 77.2 Å². The summed E-state index contributed by atoms with van der Waals surface area (Å²) in [6, 6.07) is 0.920. The van der Waals surface area contributed by atoms with Gasteiger partial charge in [0.2, 0.25) is 0 Å². The highest BCUT2D eigenvalue weighted by molar-refractivity contribution is 5.90. The van der Waals surface area contributed by atoms with Crippen molar-refractivity contribution in [3.8, 4) is 0 Å². The number of hydrogen-bond acceptors (Lipinski definition) is 4. The Bertz CT molecular complexity index is 1300. The summed E-state index contributed by atoms with van der Waals surface area (Å²) in [6.07, 6.45) is -17.6. The van der Waals surface area contributed by atoms with E-state index in [0.29, 0.717) is 24.3 Å². The quantitative estimate of drug-likeness (QED) is 0.325. The van der Waals surface area contributed by atoms with Crippen molar-refractivity contribution >= 4 is 17.9 Å². The predicted octanol–water partition coefficient (Wildman–Crippen LogP) is 8.59. The van der Waals surface area contributed by atoms with E-state index in [2.05, 4.69) is 0 Å². The largest absolute Gasteiger partial charge is 0.453 e. The molecule has 15 heteroatoms. The van der Waals surface area contributed by atoms with Crippen molar-refractivity contribution in [1.82, 2.24) is 4.90 Å². The number of amides is 2. The molecule has 2 aromatic carbocycles. The van der Waals surface area contributed by atoms with Crippen molar-refractivity contribution in [2.75, 3.05) is 12.0 Å². The lowest BCUT2D eigenvalue weighted by Gasteiger charge is -2.43. The molecule has 2 atom stereocenters. The van der Waals surface area contributed by atoms with Crippen molar-refractivity contribution in [2.45, 2.75) is 76.9 Å². The van der Waals surface area contributed by atoms with Gasteiger partial charge in [0, 0.05) is 12.6 Å². The van der Waals surface area contributed by atoms with Crippen LogP contribution in [-0.4, -0.2) is 35.8 Å². The van der Waals surface area contributed by atoms with E-state index in [1.165, 1.54) is 6.92 Å². The third-order valence-corrected chi connectivity index (χ3v) is 6.35. The molecule has 0 fully saturated rings. The van der Waals surface area contributed by atoms with Gasteiger partial charge in [0.25, 0.3) is 0 Å². The number of nitrogens with zero attached hydrogens (tertiary/aromatic N) is 2. The lowest BCUT2D eigenvalue weighted by atomic mass is 9.89. The van der Waals surface area contributed by atoms with Crippen molar-refractivity contribution in [1.29, 1.82) is 0 Å². The van der Waals surface area contributed by atoms with Gasteiger partial charge in [-0.2, -0.15) is 39.5 Å². The van der Waals surface area contributed by atoms with Crippen molar-refractivity contribution in [3.05, 3.63) is 64.2 Å². The molecule has 0 saturated heterocycles. The van der Waals surface area contributed by atoms with Crippen LogP contribution in [0.25, 0.3) is 0 Å². The van der Waals surface area contributed by atoms with Gasteiger partial charge in [-0.1, -0.05) is 0 Å². The molecule has 0 saturated carbocycles. The van der Waals surface area contributed by atoms with Crippen LogP contribution < -0.4 is 4.90 Å². The molecule has 1 heterocycles. The molecule has 2 aromatic rings. The van der Waals surface area contributed by atoms with Gasteiger partial charge in [0.1, 0.15) is 5.60 Å². The van der Waals surface area contributed by atoms with Crippen LogP contribution in [0, 0.1) is 0 Å². The molecule has 0 aliphatic carbocycles. The Balaban J connectivity index is 2.20. The normalized spacial score (nSPS) is 17.9. The number of benzene rings is 2. The molecule has 1 aliphatic rings. The molecule has 232 valence electrons. The molecular weight excluding hydrogens is 587 g/mol. The van der Waals surface area contributed by atoms with E-state index >= 15 is 0 Å². The number of methoxy groups -OCH3 is 1. The Morgan fingerprint density at radius 1 is 0.857 bits per heavy atom. The maximum absolute atomic E-state index is 13.7. The smallest absolute Gasteiger partial charge is 0.416 e. The van der Waals surface area contributed by atoms with Crippen LogP contribution in [0.2, 0.25) is 0 Å². The SMILES string of the molecule is COC(=O)N(Cc1cc(C(F)(F)F)cc(C(F)(F)F)c1)[C@H]1C[C@@H](C)N(C(=O)OC(C)(C)C)c2ccc(C(F)(F)F)cc21. The highest BCUT2D eigenvalue weighted by Crippen LogP contribution is 2.45. The van der Waals surface area contributed by atoms with Crippen LogP contribution in [0.5, 0.6) is 0 Å². The monoisotopic (exact) mass is 614 g/mol. The highest BCUT2D eigenvalue weighted by Gasteiger charge is 2.43. The maximum Gasteiger partial charge on any atom is 0.416 e. The van der Waals surface area contributed by atoms with Gasteiger partial charge in [-0.3, -0.25) is 9.80 Å². The van der Waals surface area contributed by atoms with Gasteiger partial charge in [0.05, 0.1) is 35.5 Å². The van der Waals surface area contributed by atoms with Crippen LogP contribution in [0.3, 0.4) is 0 Å². The summed E-state index contributed by atoms with van der Waals surface area (Å²) in [6.45, 7) is 5.32. The predicted molar refractivity (Wildman–Crippen MR) is 131 cm³/mol. The number of anilines is 1. The molecule has 6 nitrogen and oxygen atoms in total. The Kier molecular flexibility index (Phi) is 8.77. The molecule has 0 radical (unpaired) electrons. The fraction of sp³-hybridized carbons (Fsp3) is 0.481. The molecule has 2 amide bonds. The van der Waals surface area contributed by atoms with E-state index in [1.807, 2.05) is 0 Å². The van der Waals surface area contributed by atoms with Crippen molar-refractivity contribution in [2.24, 2.45) is 0 Å². The Labute approximate surface area is 235 Å². The van der Waals surface area contributed by atoms with Gasteiger partial charge >= 0.3 is 30.7 Å². The second-order valence-electron chi connectivity index (χ2n) is 10.7. The zero-order valence-electron chi connectivity index (χ0n) is 23.0. The molecule has 0 N–H and O–H groups in total. The number of rotatable bonds is 3. The second kappa shape index (κ2) is 11.2. The van der Waals surface area contributed by atoms with Gasteiger partial charge in [-0.25, -0.2) is 9.59 Å². The van der Waals surface area contributed by atoms with E-state index in [-0.39, 0.29) is 23.7 Å². The van der Waals surface area contributed by atoms with E-state index in [1.54, 1.807) is 20.8 Å². The van der Waals surface area contributed by atoms with E-state index in [4.69, 9.17) is 9.47 Å². The minimum atomic E-state index is -5.17. The summed E-state index contributed by atoms with van der Waals surface area (Å²) in [7, 11) is 0.898. The Morgan fingerprint density at radius 3 is 1.83 bits per heavy atom. The summed E-state index contributed by atoms with van der Waals surface area (Å²) in [4.78, 5) is 27.8. The van der Waals surface area contributed by atoms with Gasteiger partial charge in [0.15, 0.2) is 0 Å². The van der Waals surface area contributed by atoms with E-state index in [0.717, 1.165) is 23.0 Å². The summed E-state index contributed by atoms with van der Waals surface area (Å²) in [5.74, 6) is 0. The molecular formula is C27H27F9N2O4. The van der Waals surface area contributed by atoms with Crippen LogP contribution in [-0.2, 0) is 34.5 Å². The van der Waals surface area contributed by atoms with Gasteiger partial charge in [-0.05, 0) is 81.6 Å². The first kappa shape index (κ1) is 32.9.